The second-order valence-electron chi connectivity index (χ2n) is 19.4. The van der Waals surface area contributed by atoms with Crippen LogP contribution >= 0.6 is 11.6 Å². The molecule has 4 N–H and O–H groups in total. The Morgan fingerprint density at radius 2 is 1.65 bits per heavy atom. The van der Waals surface area contributed by atoms with Crippen molar-refractivity contribution in [3.05, 3.63) is 101 Å². The Morgan fingerprint density at radius 1 is 0.985 bits per heavy atom. The maximum Gasteiger partial charge on any atom is 0.251 e. The van der Waals surface area contributed by atoms with Crippen LogP contribution in [-0.4, -0.2) is 95.3 Å². The number of carbonyl (C=O) groups excluding carboxylic acids is 4. The lowest BCUT2D eigenvalue weighted by molar-refractivity contribution is -0.164. The molecule has 0 spiro atoms. The Hall–Kier alpha value is -5.95. The maximum atomic E-state index is 14.0. The molecule has 0 radical (unpaired) electrons. The van der Waals surface area contributed by atoms with Gasteiger partial charge in [-0.2, -0.15) is 5.26 Å². The number of halogens is 1. The summed E-state index contributed by atoms with van der Waals surface area (Å²) in [4.78, 5) is 59.3. The number of β-amino-alcohol motifs (C(OH)–C–C–N with tert-alkyl or cyclic N) is 1. The van der Waals surface area contributed by atoms with Crippen LogP contribution in [0.15, 0.2) is 77.5 Å². The molecule has 3 aromatic carbocycles. The fourth-order valence-corrected chi connectivity index (χ4v) is 9.37. The van der Waals surface area contributed by atoms with Crippen LogP contribution in [0.1, 0.15) is 94.9 Å². The van der Waals surface area contributed by atoms with Gasteiger partial charge in [0, 0.05) is 60.2 Å². The molecule has 4 amide bonds. The van der Waals surface area contributed by atoms with Crippen LogP contribution in [0.3, 0.4) is 0 Å². The highest BCUT2D eigenvalue weighted by Gasteiger charge is 2.64. The Labute approximate surface area is 391 Å². The lowest BCUT2D eigenvalue weighted by atomic mass is 9.49. The second kappa shape index (κ2) is 20.7. The minimum absolute atomic E-state index is 0.0306. The highest BCUT2D eigenvalue weighted by molar-refractivity contribution is 6.31. The second-order valence-corrected chi connectivity index (χ2v) is 19.8. The van der Waals surface area contributed by atoms with Gasteiger partial charge in [-0.25, -0.2) is 4.98 Å². The van der Waals surface area contributed by atoms with Gasteiger partial charge < -0.3 is 44.6 Å². The van der Waals surface area contributed by atoms with E-state index in [1.165, 1.54) is 11.3 Å². The van der Waals surface area contributed by atoms with Gasteiger partial charge in [0.1, 0.15) is 42.4 Å². The van der Waals surface area contributed by atoms with Gasteiger partial charge in [-0.3, -0.25) is 19.2 Å². The quantitative estimate of drug-likeness (QED) is 0.0767. The third-order valence-corrected chi connectivity index (χ3v) is 12.8. The van der Waals surface area contributed by atoms with E-state index in [0.717, 1.165) is 16.8 Å². The first kappa shape index (κ1) is 49.5. The van der Waals surface area contributed by atoms with Crippen LogP contribution in [-0.2, 0) is 25.7 Å². The molecule has 66 heavy (non-hydrogen) atoms. The fraction of sp³-hybridized carbons (Fsp3) is 0.480. The molecule has 16 heteroatoms. The number of oxazole rings is 1. The molecule has 2 heterocycles. The molecule has 1 saturated heterocycles. The first-order valence-electron chi connectivity index (χ1n) is 22.2. The summed E-state index contributed by atoms with van der Waals surface area (Å²) in [5.41, 5.74) is 1.85. The van der Waals surface area contributed by atoms with Gasteiger partial charge in [0.2, 0.25) is 17.7 Å². The molecule has 2 fully saturated rings. The predicted octanol–water partition coefficient (Wildman–Crippen LogP) is 6.77. The van der Waals surface area contributed by atoms with Crippen molar-refractivity contribution in [1.29, 1.82) is 5.26 Å². The monoisotopic (exact) mass is 924 g/mol. The molecule has 352 valence electrons. The number of hydrogen-bond donors (Lipinski definition) is 4. The van der Waals surface area contributed by atoms with Gasteiger partial charge in [0.15, 0.2) is 12.2 Å². The third-order valence-electron chi connectivity index (χ3n) is 12.4. The van der Waals surface area contributed by atoms with Crippen LogP contribution in [0.25, 0.3) is 11.3 Å². The minimum atomic E-state index is -0.974. The van der Waals surface area contributed by atoms with Crippen molar-refractivity contribution >= 4 is 35.2 Å². The summed E-state index contributed by atoms with van der Waals surface area (Å²) in [5, 5.41) is 29.0. The summed E-state index contributed by atoms with van der Waals surface area (Å²) in [6, 6.07) is 19.5. The van der Waals surface area contributed by atoms with Crippen LogP contribution < -0.4 is 25.4 Å². The molecule has 15 nitrogen and oxygen atoms in total. The highest BCUT2D eigenvalue weighted by atomic mass is 35.5. The van der Waals surface area contributed by atoms with E-state index in [0.29, 0.717) is 52.9 Å². The average molecular weight is 926 g/mol. The van der Waals surface area contributed by atoms with E-state index in [9.17, 15) is 29.5 Å². The van der Waals surface area contributed by atoms with E-state index in [1.54, 1.807) is 42.5 Å². The van der Waals surface area contributed by atoms with Crippen LogP contribution in [0.5, 0.6) is 11.5 Å². The first-order chi connectivity index (χ1) is 31.2. The molecular formula is C50H61ClN6O9. The molecular weight excluding hydrogens is 864 g/mol. The number of carbonyl (C=O) groups is 4. The first-order valence-corrected chi connectivity index (χ1v) is 22.6. The molecule has 1 aromatic heterocycles. The fourth-order valence-electron chi connectivity index (χ4n) is 9.16. The summed E-state index contributed by atoms with van der Waals surface area (Å²) >= 11 is 6.23. The lowest BCUT2D eigenvalue weighted by Crippen LogP contribution is -2.74. The number of amides is 4. The third kappa shape index (κ3) is 11.5. The van der Waals surface area contributed by atoms with E-state index < -0.39 is 52.2 Å². The molecule has 1 aliphatic heterocycles. The topological polar surface area (TPSA) is 205 Å². The molecule has 6 rings (SSSR count). The van der Waals surface area contributed by atoms with Crippen LogP contribution in [0.2, 0.25) is 5.02 Å². The SMILES string of the molecule is Cc1ncoc1-c1ccc(CNC(=O)[C@@H]2C[C@@H](O)CN2C(=O)[C@@H](NC(=O)COCCCCOc2ccc(C(=O)NC3C(C)(C)C(Oc4ccc(C#N)c(Cl)c4)C3(C)C)cc2)C(C)(C)C)cc1. The zero-order chi connectivity index (χ0) is 48.0. The van der Waals surface area contributed by atoms with Crippen molar-refractivity contribution in [2.45, 2.75) is 112 Å². The average Bonchev–Trinajstić information content (AvgIpc) is 3.89. The number of rotatable bonds is 18. The molecule has 3 atom stereocenters. The van der Waals surface area contributed by atoms with Crippen molar-refractivity contribution in [1.82, 2.24) is 25.8 Å². The Bertz CT molecular complexity index is 2390. The minimum Gasteiger partial charge on any atom is -0.494 e. The zero-order valence-electron chi connectivity index (χ0n) is 38.9. The summed E-state index contributed by atoms with van der Waals surface area (Å²) < 4.78 is 23.3. The molecule has 1 aliphatic carbocycles. The van der Waals surface area contributed by atoms with Crippen molar-refractivity contribution in [2.75, 3.05) is 26.4 Å². The number of aromatic nitrogens is 1. The van der Waals surface area contributed by atoms with E-state index >= 15 is 0 Å². The summed E-state index contributed by atoms with van der Waals surface area (Å²) in [6.07, 6.45) is 1.62. The number of nitrogens with zero attached hydrogens (tertiary/aromatic N) is 3. The number of unbranched alkanes of at least 4 members (excludes halogenated alkanes) is 1. The number of hydrogen-bond acceptors (Lipinski definition) is 11. The number of ether oxygens (including phenoxy) is 3. The predicted molar refractivity (Wildman–Crippen MR) is 247 cm³/mol. The van der Waals surface area contributed by atoms with Crippen molar-refractivity contribution in [3.63, 3.8) is 0 Å². The summed E-state index contributed by atoms with van der Waals surface area (Å²) in [5.74, 6) is 0.322. The Morgan fingerprint density at radius 3 is 2.27 bits per heavy atom. The van der Waals surface area contributed by atoms with E-state index in [4.69, 9.17) is 30.2 Å². The Balaban J connectivity index is 0.896. The normalized spacial score (nSPS) is 20.0. The van der Waals surface area contributed by atoms with Crippen LogP contribution in [0.4, 0.5) is 0 Å². The van der Waals surface area contributed by atoms with Crippen molar-refractivity contribution in [2.24, 2.45) is 16.2 Å². The number of nitrogens with one attached hydrogen (secondary N) is 3. The zero-order valence-corrected chi connectivity index (χ0v) is 39.7. The van der Waals surface area contributed by atoms with Crippen LogP contribution in [0, 0.1) is 34.5 Å². The molecule has 0 unspecified atom stereocenters. The number of aliphatic hydroxyl groups is 1. The largest absolute Gasteiger partial charge is 0.494 e. The van der Waals surface area contributed by atoms with Gasteiger partial charge >= 0.3 is 0 Å². The molecule has 2 aliphatic rings. The number of likely N-dealkylation sites (tertiary alicyclic amines) is 1. The number of aliphatic hydroxyl groups excluding tert-OH is 1. The van der Waals surface area contributed by atoms with Gasteiger partial charge in [0.05, 0.1) is 29.0 Å². The molecule has 4 aromatic rings. The smallest absolute Gasteiger partial charge is 0.251 e. The van der Waals surface area contributed by atoms with Gasteiger partial charge in [-0.15, -0.1) is 0 Å². The number of nitriles is 1. The molecule has 1 saturated carbocycles. The molecule has 0 bridgehead atoms. The standard InChI is InChI=1S/C50H61ClN6O9/c1-30-41(65-29-54-30)32-13-11-31(12-14-32)26-53-44(61)39-23-35(58)27-57(39)45(62)42(48(2,3)4)55-40(59)28-63-21-9-10-22-64-36-18-15-33(16-19-36)43(60)56-46-49(5,6)47(50(46,7)8)66-37-20-17-34(25-52)38(51)24-37/h11-20,24,29,35,39,42,46-47,58H,9-10,21-23,26-28H2,1-8H3,(H,53,61)(H,55,59)(H,56,60)/t35-,39+,42-,46?,47?/m1/s1. The van der Waals surface area contributed by atoms with Crippen molar-refractivity contribution < 1.29 is 42.9 Å². The van der Waals surface area contributed by atoms with Gasteiger partial charge in [0.25, 0.3) is 5.91 Å². The lowest BCUT2D eigenvalue weighted by Gasteiger charge is -2.63. The van der Waals surface area contributed by atoms with E-state index in [1.807, 2.05) is 52.0 Å². The summed E-state index contributed by atoms with van der Waals surface area (Å²) in [6.45, 7) is 16.1. The van der Waals surface area contributed by atoms with Gasteiger partial charge in [-0.1, -0.05) is 84.3 Å². The van der Waals surface area contributed by atoms with E-state index in [2.05, 4.69) is 54.7 Å². The summed E-state index contributed by atoms with van der Waals surface area (Å²) in [7, 11) is 0. The van der Waals surface area contributed by atoms with E-state index in [-0.39, 0.29) is 50.8 Å². The van der Waals surface area contributed by atoms with Crippen molar-refractivity contribution in [3.8, 4) is 28.9 Å². The maximum absolute atomic E-state index is 14.0. The Kier molecular flexibility index (Phi) is 15.5. The van der Waals surface area contributed by atoms with Gasteiger partial charge in [-0.05, 0) is 67.1 Å². The highest BCUT2D eigenvalue weighted by Crippen LogP contribution is 2.55. The number of benzene rings is 3. The number of aryl methyl sites for hydroxylation is 1.